The lowest BCUT2D eigenvalue weighted by Gasteiger charge is -2.30. The van der Waals surface area contributed by atoms with E-state index in [4.69, 9.17) is 9.47 Å². The Bertz CT molecular complexity index is 707. The van der Waals surface area contributed by atoms with E-state index in [2.05, 4.69) is 5.10 Å². The van der Waals surface area contributed by atoms with E-state index in [1.54, 1.807) is 21.6 Å². The highest BCUT2D eigenvalue weighted by Crippen LogP contribution is 2.26. The highest BCUT2D eigenvalue weighted by atomic mass is 16.6. The number of methoxy groups -OCH3 is 1. The summed E-state index contributed by atoms with van der Waals surface area (Å²) in [4.78, 5) is 28.8. The monoisotopic (exact) mass is 364 g/mol. The third-order valence-electron chi connectivity index (χ3n) is 4.86. The minimum atomic E-state index is -0.546. The smallest absolute Gasteiger partial charge is 0.410 e. The topological polar surface area (TPSA) is 76.9 Å². The molecule has 0 aliphatic carbocycles. The van der Waals surface area contributed by atoms with E-state index in [0.717, 1.165) is 17.7 Å². The van der Waals surface area contributed by atoms with Crippen LogP contribution in [0.25, 0.3) is 0 Å². The van der Waals surface area contributed by atoms with Crippen LogP contribution in [0, 0.1) is 0 Å². The normalized spacial score (nSPS) is 20.3. The predicted octanol–water partition coefficient (Wildman–Crippen LogP) is 1.57. The van der Waals surface area contributed by atoms with Crippen molar-refractivity contribution >= 4 is 12.0 Å². The molecule has 8 heteroatoms. The van der Waals surface area contributed by atoms with Gasteiger partial charge in [0.15, 0.2) is 5.69 Å². The van der Waals surface area contributed by atoms with Crippen molar-refractivity contribution in [1.29, 1.82) is 0 Å². The Morgan fingerprint density at radius 2 is 1.92 bits per heavy atom. The van der Waals surface area contributed by atoms with E-state index in [0.29, 0.717) is 38.3 Å². The summed E-state index contributed by atoms with van der Waals surface area (Å²) in [5.41, 5.74) is 1.73. The average Bonchev–Trinajstić information content (AvgIpc) is 3.17. The first-order valence-electron chi connectivity index (χ1n) is 9.04. The molecule has 8 nitrogen and oxygen atoms in total. The van der Waals surface area contributed by atoms with Crippen molar-refractivity contribution in [3.05, 3.63) is 17.0 Å². The number of carbonyl (C=O) groups is 2. The Balaban J connectivity index is 1.79. The van der Waals surface area contributed by atoms with Gasteiger partial charge < -0.3 is 19.3 Å². The number of aromatic nitrogens is 2. The van der Waals surface area contributed by atoms with Gasteiger partial charge in [0, 0.05) is 51.5 Å². The quantitative estimate of drug-likeness (QED) is 0.796. The van der Waals surface area contributed by atoms with E-state index < -0.39 is 5.60 Å². The number of carbonyl (C=O) groups excluding carboxylic acids is 2. The van der Waals surface area contributed by atoms with Crippen LogP contribution in [0.1, 0.15) is 48.9 Å². The number of fused-ring (bicyclic) bond motifs is 1. The molecule has 0 spiro atoms. The second-order valence-electron chi connectivity index (χ2n) is 7.95. The van der Waals surface area contributed by atoms with Crippen molar-refractivity contribution in [2.24, 2.45) is 7.05 Å². The van der Waals surface area contributed by atoms with Gasteiger partial charge in [-0.15, -0.1) is 0 Å². The van der Waals surface area contributed by atoms with Crippen LogP contribution in [-0.4, -0.2) is 70.0 Å². The molecule has 2 aliphatic heterocycles. The molecule has 0 saturated carbocycles. The molecule has 1 saturated heterocycles. The van der Waals surface area contributed by atoms with E-state index in [1.165, 1.54) is 0 Å². The first kappa shape index (κ1) is 18.7. The lowest BCUT2D eigenvalue weighted by Crippen LogP contribution is -2.40. The summed E-state index contributed by atoms with van der Waals surface area (Å²) >= 11 is 0. The molecule has 1 aromatic heterocycles. The zero-order valence-electron chi connectivity index (χ0n) is 16.2. The molecule has 3 rings (SSSR count). The number of aryl methyl sites for hydroxylation is 1. The third-order valence-corrected chi connectivity index (χ3v) is 4.86. The van der Waals surface area contributed by atoms with Crippen molar-refractivity contribution in [1.82, 2.24) is 19.6 Å². The molecule has 0 radical (unpaired) electrons. The van der Waals surface area contributed by atoms with Gasteiger partial charge in [-0.1, -0.05) is 0 Å². The first-order valence-corrected chi connectivity index (χ1v) is 9.04. The zero-order valence-corrected chi connectivity index (χ0v) is 16.2. The highest BCUT2D eigenvalue weighted by Gasteiger charge is 2.34. The van der Waals surface area contributed by atoms with Crippen LogP contribution in [0.2, 0.25) is 0 Å². The maximum absolute atomic E-state index is 13.0. The lowest BCUT2D eigenvalue weighted by atomic mass is 10.0. The molecule has 2 amide bonds. The maximum atomic E-state index is 13.0. The molecule has 2 aliphatic rings. The molecule has 0 bridgehead atoms. The first-order chi connectivity index (χ1) is 12.2. The summed E-state index contributed by atoms with van der Waals surface area (Å²) < 4.78 is 12.6. The molecule has 1 fully saturated rings. The van der Waals surface area contributed by atoms with Crippen molar-refractivity contribution in [2.45, 2.75) is 51.9 Å². The average molecular weight is 364 g/mol. The number of likely N-dealkylation sites (tertiary alicyclic amines) is 1. The summed E-state index contributed by atoms with van der Waals surface area (Å²) in [6.45, 7) is 7.69. The molecule has 0 N–H and O–H groups in total. The van der Waals surface area contributed by atoms with E-state index >= 15 is 0 Å². The molecule has 1 aromatic rings. The van der Waals surface area contributed by atoms with Gasteiger partial charge in [-0.25, -0.2) is 4.79 Å². The number of hydrogen-bond donors (Lipinski definition) is 0. The van der Waals surface area contributed by atoms with Gasteiger partial charge in [-0.3, -0.25) is 9.48 Å². The van der Waals surface area contributed by atoms with Crippen LogP contribution in [-0.2, 0) is 29.5 Å². The summed E-state index contributed by atoms with van der Waals surface area (Å²) in [6.07, 6.45) is 1.22. The lowest BCUT2D eigenvalue weighted by molar-refractivity contribution is 0.0221. The fourth-order valence-corrected chi connectivity index (χ4v) is 3.50. The molecule has 1 atom stereocenters. The van der Waals surface area contributed by atoms with Gasteiger partial charge in [0.1, 0.15) is 5.60 Å². The third kappa shape index (κ3) is 3.70. The number of rotatable bonds is 2. The summed E-state index contributed by atoms with van der Waals surface area (Å²) in [5, 5.41) is 4.46. The Hall–Kier alpha value is -2.09. The van der Waals surface area contributed by atoms with E-state index in [1.807, 2.05) is 27.8 Å². The van der Waals surface area contributed by atoms with Gasteiger partial charge in [0.2, 0.25) is 0 Å². The van der Waals surface area contributed by atoms with Gasteiger partial charge in [0.25, 0.3) is 5.91 Å². The second kappa shape index (κ2) is 6.90. The standard InChI is InChI=1S/C18H28N4O4/c1-18(2,3)26-17(24)22-9-7-14-13(11-22)15(19-20(14)4)16(23)21-8-6-12(10-21)25-5/h12H,6-11H2,1-5H3. The van der Waals surface area contributed by atoms with Crippen LogP contribution in [0.3, 0.4) is 0 Å². The van der Waals surface area contributed by atoms with Crippen LogP contribution in [0.4, 0.5) is 4.79 Å². The van der Waals surface area contributed by atoms with Crippen molar-refractivity contribution in [3.8, 4) is 0 Å². The van der Waals surface area contributed by atoms with Crippen molar-refractivity contribution < 1.29 is 19.1 Å². The highest BCUT2D eigenvalue weighted by molar-refractivity contribution is 5.94. The zero-order chi connectivity index (χ0) is 19.1. The summed E-state index contributed by atoms with van der Waals surface area (Å²) in [6, 6.07) is 0. The van der Waals surface area contributed by atoms with Crippen molar-refractivity contribution in [2.75, 3.05) is 26.7 Å². The van der Waals surface area contributed by atoms with E-state index in [-0.39, 0.29) is 18.1 Å². The maximum Gasteiger partial charge on any atom is 0.410 e. The molecule has 144 valence electrons. The molecule has 1 unspecified atom stereocenters. The minimum Gasteiger partial charge on any atom is -0.444 e. The van der Waals surface area contributed by atoms with Crippen LogP contribution in [0.5, 0.6) is 0 Å². The van der Waals surface area contributed by atoms with Gasteiger partial charge in [-0.2, -0.15) is 5.10 Å². The number of amides is 2. The Labute approximate surface area is 154 Å². The van der Waals surface area contributed by atoms with Gasteiger partial charge >= 0.3 is 6.09 Å². The predicted molar refractivity (Wildman–Crippen MR) is 94.9 cm³/mol. The molecular weight excluding hydrogens is 336 g/mol. The van der Waals surface area contributed by atoms with E-state index in [9.17, 15) is 9.59 Å². The Morgan fingerprint density at radius 1 is 1.19 bits per heavy atom. The Morgan fingerprint density at radius 3 is 2.54 bits per heavy atom. The second-order valence-corrected chi connectivity index (χ2v) is 7.95. The largest absolute Gasteiger partial charge is 0.444 e. The van der Waals surface area contributed by atoms with Gasteiger partial charge in [0.05, 0.1) is 12.6 Å². The van der Waals surface area contributed by atoms with Crippen LogP contribution >= 0.6 is 0 Å². The van der Waals surface area contributed by atoms with Gasteiger partial charge in [-0.05, 0) is 27.2 Å². The summed E-state index contributed by atoms with van der Waals surface area (Å²) in [7, 11) is 3.51. The SMILES string of the molecule is COC1CCN(C(=O)c2nn(C)c3c2CN(C(=O)OC(C)(C)C)CC3)C1. The summed E-state index contributed by atoms with van der Waals surface area (Å²) in [5.74, 6) is -0.0903. The number of hydrogen-bond acceptors (Lipinski definition) is 5. The van der Waals surface area contributed by atoms with Crippen molar-refractivity contribution in [3.63, 3.8) is 0 Å². The molecule has 3 heterocycles. The number of ether oxygens (including phenoxy) is 2. The molecular formula is C18H28N4O4. The Kier molecular flexibility index (Phi) is 4.96. The molecule has 0 aromatic carbocycles. The van der Waals surface area contributed by atoms with Crippen LogP contribution < -0.4 is 0 Å². The molecule has 26 heavy (non-hydrogen) atoms. The minimum absolute atomic E-state index is 0.0803. The van der Waals surface area contributed by atoms with Crippen LogP contribution in [0.15, 0.2) is 0 Å². The fraction of sp³-hybridized carbons (Fsp3) is 0.722. The fourth-order valence-electron chi connectivity index (χ4n) is 3.50. The number of nitrogens with zero attached hydrogens (tertiary/aromatic N) is 4.